The first kappa shape index (κ1) is 40.9. The summed E-state index contributed by atoms with van der Waals surface area (Å²) in [6, 6.07) is 20.9. The number of allylic oxidation sites excluding steroid dienone is 2. The molecule has 1 fully saturated rings. The molecule has 0 saturated heterocycles. The molecule has 1 aliphatic carbocycles. The molecule has 2 aromatic carbocycles. The van der Waals surface area contributed by atoms with Crippen LogP contribution in [0.4, 0.5) is 0 Å². The van der Waals surface area contributed by atoms with Gasteiger partial charge in [-0.1, -0.05) is 99.9 Å². The Bertz CT molecular complexity index is 949. The summed E-state index contributed by atoms with van der Waals surface area (Å²) in [7, 11) is -2.97. The molecule has 0 bridgehead atoms. The Kier molecular flexibility index (Phi) is 19.5. The van der Waals surface area contributed by atoms with Gasteiger partial charge < -0.3 is 42.2 Å². The molecule has 2 aromatic rings. The fourth-order valence-electron chi connectivity index (χ4n) is 4.34. The van der Waals surface area contributed by atoms with Crippen LogP contribution in [0.1, 0.15) is 51.7 Å². The number of benzene rings is 2. The summed E-state index contributed by atoms with van der Waals surface area (Å²) < 4.78 is 12.7. The molecular weight excluding hydrogens is 588 g/mol. The van der Waals surface area contributed by atoms with E-state index in [9.17, 15) is 0 Å². The monoisotopic (exact) mass is 644 g/mol. The van der Waals surface area contributed by atoms with E-state index < -0.39 is 16.1 Å². The summed E-state index contributed by atoms with van der Waals surface area (Å²) in [6.07, 6.45) is 1.60. The van der Waals surface area contributed by atoms with Crippen molar-refractivity contribution in [3.05, 3.63) is 94.3 Å². The molecule has 232 valence electrons. The van der Waals surface area contributed by atoms with Crippen molar-refractivity contribution in [2.75, 3.05) is 13.2 Å². The molecule has 42 heavy (non-hydrogen) atoms. The van der Waals surface area contributed by atoms with Gasteiger partial charge >= 0.3 is 21.7 Å². The van der Waals surface area contributed by atoms with Crippen LogP contribution in [0.5, 0.6) is 0 Å². The van der Waals surface area contributed by atoms with Gasteiger partial charge in [-0.15, -0.1) is 12.8 Å². The van der Waals surface area contributed by atoms with E-state index in [4.69, 9.17) is 19.7 Å². The van der Waals surface area contributed by atoms with Crippen LogP contribution in [0, 0.1) is 16.8 Å². The molecule has 0 aromatic heterocycles. The van der Waals surface area contributed by atoms with E-state index in [-0.39, 0.29) is 39.3 Å². The molecule has 0 radical (unpaired) electrons. The van der Waals surface area contributed by atoms with Crippen LogP contribution >= 0.6 is 0 Å². The molecule has 0 atom stereocenters. The van der Waals surface area contributed by atoms with Crippen LogP contribution in [-0.4, -0.2) is 51.8 Å². The number of aliphatic hydroxyl groups excluding tert-OH is 2. The summed E-state index contributed by atoms with van der Waals surface area (Å²) in [5.74, 6) is 0. The maximum Gasteiger partial charge on any atom is 2.00 e. The van der Waals surface area contributed by atoms with Crippen molar-refractivity contribution in [3.63, 3.8) is 0 Å². The van der Waals surface area contributed by atoms with Gasteiger partial charge in [-0.05, 0) is 60.4 Å². The number of hydrogen-bond acceptors (Lipinski definition) is 4. The Hall–Kier alpha value is -1.09. The number of aliphatic hydroxyl groups is 2. The fraction of sp³-hybridized carbons (Fsp3) is 0.543. The van der Waals surface area contributed by atoms with Gasteiger partial charge in [-0.3, -0.25) is 0 Å². The molecule has 0 aliphatic heterocycles. The molecule has 2 N–H and O–H groups in total. The van der Waals surface area contributed by atoms with Crippen molar-refractivity contribution in [1.82, 2.24) is 0 Å². The minimum Gasteiger partial charge on any atom is -0.394 e. The number of hydrogen-bond donors (Lipinski definition) is 2. The standard InChI is InChI=1S/C29H40O2Si2.2C3H8O.Ti/c1-32(2,3)21-27-17-29(18-28(27)22-33(4,5)6,23-30-19-25-13-9-7-10-14-25)24-31-20-26-15-11-8-12-16-26;2*1-3(2)4;/h7-16H,17-20,23-24H2,1-6H3;2*3-4H,1-2H3;/q-2;;;+2. The molecular formula is C35H56O4Si2Ti. The molecule has 1 saturated carbocycles. The number of rotatable bonds is 10. The van der Waals surface area contributed by atoms with Crippen molar-refractivity contribution < 1.29 is 41.4 Å². The molecule has 7 heteroatoms. The van der Waals surface area contributed by atoms with Gasteiger partial charge in [0.15, 0.2) is 0 Å². The molecule has 3 rings (SSSR count). The van der Waals surface area contributed by atoms with Crippen LogP contribution < -0.4 is 0 Å². The second-order valence-corrected chi connectivity index (χ2v) is 23.2. The van der Waals surface area contributed by atoms with Crippen molar-refractivity contribution >= 4 is 16.1 Å². The first-order valence-electron chi connectivity index (χ1n) is 14.9. The summed E-state index contributed by atoms with van der Waals surface area (Å²) in [5, 5.41) is 16.1. The van der Waals surface area contributed by atoms with Crippen molar-refractivity contribution in [2.45, 2.75) is 105 Å². The van der Waals surface area contributed by atoms with Gasteiger partial charge in [0.25, 0.3) is 0 Å². The molecule has 0 spiro atoms. The second-order valence-electron chi connectivity index (χ2n) is 13.7. The predicted molar refractivity (Wildman–Crippen MR) is 179 cm³/mol. The molecule has 0 heterocycles. The normalized spacial score (nSPS) is 16.5. The molecule has 0 amide bonds. The predicted octanol–water partition coefficient (Wildman–Crippen LogP) is 8.19. The largest absolute Gasteiger partial charge is 2.00 e. The minimum absolute atomic E-state index is 0. The van der Waals surface area contributed by atoms with Crippen molar-refractivity contribution in [2.24, 2.45) is 5.41 Å². The fourth-order valence-corrected chi connectivity index (χ4v) is 6.62. The van der Waals surface area contributed by atoms with Gasteiger partial charge in [0, 0.05) is 12.2 Å². The topological polar surface area (TPSA) is 58.9 Å². The SMILES string of the molecule is CC(C)O.CC(C)O.C[Si](C)(C)[C-]=C1CC(COCc2ccccc2)(COCc2ccccc2)CC1=[C-][Si](C)(C)C.[Ti+2]. The van der Waals surface area contributed by atoms with Crippen molar-refractivity contribution in [1.29, 1.82) is 0 Å². The van der Waals surface area contributed by atoms with E-state index in [1.165, 1.54) is 22.3 Å². The Morgan fingerprint density at radius 3 is 1.19 bits per heavy atom. The molecule has 4 nitrogen and oxygen atoms in total. The maximum absolute atomic E-state index is 8.06. The van der Waals surface area contributed by atoms with E-state index in [2.05, 4.69) is 99.2 Å². The zero-order valence-corrected chi connectivity index (χ0v) is 31.4. The third-order valence-electron chi connectivity index (χ3n) is 5.56. The summed E-state index contributed by atoms with van der Waals surface area (Å²) in [5.41, 5.74) is 13.0. The minimum atomic E-state index is -1.48. The summed E-state index contributed by atoms with van der Waals surface area (Å²) >= 11 is 0. The average Bonchev–Trinajstić information content (AvgIpc) is 3.13. The maximum atomic E-state index is 8.06. The van der Waals surface area contributed by atoms with Gasteiger partial charge in [0.05, 0.1) is 26.4 Å². The van der Waals surface area contributed by atoms with E-state index in [0.29, 0.717) is 26.4 Å². The molecule has 1 aliphatic rings. The average molecular weight is 645 g/mol. The van der Waals surface area contributed by atoms with Crippen LogP contribution in [0.2, 0.25) is 39.3 Å². The van der Waals surface area contributed by atoms with E-state index >= 15 is 0 Å². The quantitative estimate of drug-likeness (QED) is 0.202. The third kappa shape index (κ3) is 20.0. The Morgan fingerprint density at radius 2 is 0.929 bits per heavy atom. The van der Waals surface area contributed by atoms with Crippen LogP contribution in [0.3, 0.4) is 0 Å². The Morgan fingerprint density at radius 1 is 0.643 bits per heavy atom. The zero-order chi connectivity index (χ0) is 31.1. The summed E-state index contributed by atoms with van der Waals surface area (Å²) in [4.78, 5) is 0. The first-order chi connectivity index (χ1) is 19.0. The van der Waals surface area contributed by atoms with Gasteiger partial charge in [-0.25, -0.2) is 0 Å². The third-order valence-corrected chi connectivity index (χ3v) is 7.66. The van der Waals surface area contributed by atoms with Gasteiger partial charge in [-0.2, -0.15) is 0 Å². The molecule has 0 unspecified atom stereocenters. The van der Waals surface area contributed by atoms with Crippen LogP contribution in [0.15, 0.2) is 71.8 Å². The van der Waals surface area contributed by atoms with Crippen molar-refractivity contribution in [3.8, 4) is 0 Å². The number of ether oxygens (including phenoxy) is 2. The van der Waals surface area contributed by atoms with Crippen LogP contribution in [-0.2, 0) is 44.4 Å². The van der Waals surface area contributed by atoms with E-state index in [0.717, 1.165) is 12.8 Å². The Balaban J connectivity index is 0.00000166. The van der Waals surface area contributed by atoms with Crippen LogP contribution in [0.25, 0.3) is 0 Å². The summed E-state index contributed by atoms with van der Waals surface area (Å²) in [6.45, 7) is 23.7. The van der Waals surface area contributed by atoms with Gasteiger partial charge in [0.1, 0.15) is 0 Å². The smallest absolute Gasteiger partial charge is 0.394 e. The first-order valence-corrected chi connectivity index (χ1v) is 21.9. The van der Waals surface area contributed by atoms with Gasteiger partial charge in [0.2, 0.25) is 0 Å². The second kappa shape index (κ2) is 20.0. The van der Waals surface area contributed by atoms with E-state index in [1.54, 1.807) is 27.7 Å². The zero-order valence-electron chi connectivity index (χ0n) is 27.9. The van der Waals surface area contributed by atoms with E-state index in [1.807, 2.05) is 12.1 Å². The Labute approximate surface area is 274 Å².